The zero-order valence-electron chi connectivity index (χ0n) is 9.43. The summed E-state index contributed by atoms with van der Waals surface area (Å²) in [6, 6.07) is 5.86. The van der Waals surface area contributed by atoms with Crippen LogP contribution in [0.2, 0.25) is 0 Å². The molecule has 1 aromatic heterocycles. The van der Waals surface area contributed by atoms with Crippen LogP contribution in [0.25, 0.3) is 11.3 Å². The number of imidazole rings is 1. The Morgan fingerprint density at radius 3 is 3.11 bits per heavy atom. The van der Waals surface area contributed by atoms with E-state index in [-0.39, 0.29) is 12.5 Å². The molecular formula is C12H11N3O2S. The van der Waals surface area contributed by atoms with Gasteiger partial charge in [0.1, 0.15) is 12.4 Å². The van der Waals surface area contributed by atoms with Gasteiger partial charge in [0.15, 0.2) is 0 Å². The Bertz CT molecular complexity index is 609. The minimum atomic E-state index is -0.114. The molecule has 0 spiro atoms. The van der Waals surface area contributed by atoms with Crippen LogP contribution in [-0.4, -0.2) is 26.7 Å². The van der Waals surface area contributed by atoms with E-state index in [9.17, 15) is 4.79 Å². The van der Waals surface area contributed by atoms with E-state index in [1.807, 2.05) is 18.2 Å². The first kappa shape index (κ1) is 11.3. The van der Waals surface area contributed by atoms with Crippen LogP contribution in [0.1, 0.15) is 5.82 Å². The third kappa shape index (κ3) is 2.00. The highest BCUT2D eigenvalue weighted by molar-refractivity contribution is 8.00. The van der Waals surface area contributed by atoms with Gasteiger partial charge in [0.2, 0.25) is 5.91 Å². The van der Waals surface area contributed by atoms with Gasteiger partial charge in [-0.25, -0.2) is 4.98 Å². The highest BCUT2D eigenvalue weighted by Crippen LogP contribution is 2.34. The second-order valence-corrected chi connectivity index (χ2v) is 4.97. The SMILES string of the molecule is O=C1CSc2ccc(-c3cnc(CO)[nH]3)cc2N1. The van der Waals surface area contributed by atoms with E-state index < -0.39 is 0 Å². The molecule has 5 nitrogen and oxygen atoms in total. The van der Waals surface area contributed by atoms with E-state index in [1.165, 1.54) is 11.8 Å². The van der Waals surface area contributed by atoms with Gasteiger partial charge >= 0.3 is 0 Å². The first-order chi connectivity index (χ1) is 8.76. The number of carbonyl (C=O) groups excluding carboxylic acids is 1. The number of aliphatic hydroxyl groups excluding tert-OH is 1. The maximum atomic E-state index is 11.3. The molecule has 1 amide bonds. The van der Waals surface area contributed by atoms with E-state index in [4.69, 9.17) is 5.11 Å². The maximum Gasteiger partial charge on any atom is 0.234 e. The monoisotopic (exact) mass is 261 g/mol. The van der Waals surface area contributed by atoms with Crippen molar-refractivity contribution >= 4 is 23.4 Å². The molecule has 1 aliphatic heterocycles. The van der Waals surface area contributed by atoms with Crippen molar-refractivity contribution in [2.75, 3.05) is 11.1 Å². The van der Waals surface area contributed by atoms with E-state index in [2.05, 4.69) is 15.3 Å². The largest absolute Gasteiger partial charge is 0.388 e. The van der Waals surface area contributed by atoms with Crippen LogP contribution in [0.4, 0.5) is 5.69 Å². The van der Waals surface area contributed by atoms with Crippen LogP contribution in [0, 0.1) is 0 Å². The molecule has 2 aromatic rings. The molecule has 92 valence electrons. The second-order valence-electron chi connectivity index (χ2n) is 3.95. The molecule has 0 aliphatic carbocycles. The molecule has 1 aliphatic rings. The van der Waals surface area contributed by atoms with Crippen LogP contribution in [-0.2, 0) is 11.4 Å². The number of carbonyl (C=O) groups is 1. The summed E-state index contributed by atoms with van der Waals surface area (Å²) in [6.45, 7) is -0.114. The molecule has 0 radical (unpaired) electrons. The molecule has 0 unspecified atom stereocenters. The van der Waals surface area contributed by atoms with Crippen molar-refractivity contribution in [2.45, 2.75) is 11.5 Å². The van der Waals surface area contributed by atoms with Gasteiger partial charge in [0.25, 0.3) is 0 Å². The number of amides is 1. The molecule has 0 fully saturated rings. The topological polar surface area (TPSA) is 78.0 Å². The van der Waals surface area contributed by atoms with Gasteiger partial charge in [-0.05, 0) is 12.1 Å². The maximum absolute atomic E-state index is 11.3. The van der Waals surface area contributed by atoms with Gasteiger partial charge in [-0.2, -0.15) is 0 Å². The molecule has 0 saturated carbocycles. The van der Waals surface area contributed by atoms with Crippen LogP contribution < -0.4 is 5.32 Å². The van der Waals surface area contributed by atoms with Crippen LogP contribution in [0.3, 0.4) is 0 Å². The van der Waals surface area contributed by atoms with Gasteiger partial charge in [0, 0.05) is 10.5 Å². The molecule has 2 heterocycles. The zero-order chi connectivity index (χ0) is 12.5. The Kier molecular flexibility index (Phi) is 2.81. The molecular weight excluding hydrogens is 250 g/mol. The number of fused-ring (bicyclic) bond motifs is 1. The van der Waals surface area contributed by atoms with Crippen molar-refractivity contribution in [3.05, 3.63) is 30.2 Å². The summed E-state index contributed by atoms with van der Waals surface area (Å²) in [5.41, 5.74) is 2.59. The number of aromatic nitrogens is 2. The summed E-state index contributed by atoms with van der Waals surface area (Å²) in [6.07, 6.45) is 1.67. The summed E-state index contributed by atoms with van der Waals surface area (Å²) < 4.78 is 0. The number of nitrogens with one attached hydrogen (secondary N) is 2. The lowest BCUT2D eigenvalue weighted by Crippen LogP contribution is -2.18. The molecule has 0 bridgehead atoms. The van der Waals surface area contributed by atoms with E-state index >= 15 is 0 Å². The Balaban J connectivity index is 1.98. The van der Waals surface area contributed by atoms with Crippen LogP contribution >= 0.6 is 11.8 Å². The fourth-order valence-electron chi connectivity index (χ4n) is 1.84. The molecule has 6 heteroatoms. The molecule has 3 rings (SSSR count). The highest BCUT2D eigenvalue weighted by Gasteiger charge is 2.16. The van der Waals surface area contributed by atoms with Crippen molar-refractivity contribution in [2.24, 2.45) is 0 Å². The summed E-state index contributed by atoms with van der Waals surface area (Å²) >= 11 is 1.53. The number of nitrogens with zero attached hydrogens (tertiary/aromatic N) is 1. The normalized spacial score (nSPS) is 14.2. The summed E-state index contributed by atoms with van der Waals surface area (Å²) in [5, 5.41) is 11.8. The Hall–Kier alpha value is -1.79. The van der Waals surface area contributed by atoms with Crippen LogP contribution in [0.15, 0.2) is 29.3 Å². The number of anilines is 1. The number of thioether (sulfide) groups is 1. The summed E-state index contributed by atoms with van der Waals surface area (Å²) in [7, 11) is 0. The average molecular weight is 261 g/mol. The fraction of sp³-hybridized carbons (Fsp3) is 0.167. The average Bonchev–Trinajstić information content (AvgIpc) is 2.86. The Morgan fingerprint density at radius 1 is 1.44 bits per heavy atom. The quantitative estimate of drug-likeness (QED) is 0.767. The van der Waals surface area contributed by atoms with Crippen molar-refractivity contribution in [3.8, 4) is 11.3 Å². The number of hydrogen-bond donors (Lipinski definition) is 3. The minimum Gasteiger partial charge on any atom is -0.388 e. The standard InChI is InChI=1S/C12H11N3O2S/c16-5-11-13-4-9(14-11)7-1-2-10-8(3-7)15-12(17)6-18-10/h1-4,16H,5-6H2,(H,13,14)(H,15,17). The molecule has 3 N–H and O–H groups in total. The molecule has 18 heavy (non-hydrogen) atoms. The van der Waals surface area contributed by atoms with Crippen molar-refractivity contribution < 1.29 is 9.90 Å². The number of rotatable bonds is 2. The van der Waals surface area contributed by atoms with Gasteiger partial charge in [-0.15, -0.1) is 11.8 Å². The van der Waals surface area contributed by atoms with Gasteiger partial charge < -0.3 is 15.4 Å². The Labute approximate surface area is 108 Å². The third-order valence-corrected chi connectivity index (χ3v) is 3.78. The lowest BCUT2D eigenvalue weighted by atomic mass is 10.1. The smallest absolute Gasteiger partial charge is 0.234 e. The lowest BCUT2D eigenvalue weighted by molar-refractivity contribution is -0.113. The lowest BCUT2D eigenvalue weighted by Gasteiger charge is -2.16. The van der Waals surface area contributed by atoms with Crippen molar-refractivity contribution in [3.63, 3.8) is 0 Å². The first-order valence-electron chi connectivity index (χ1n) is 5.48. The third-order valence-electron chi connectivity index (χ3n) is 2.70. The molecule has 1 aromatic carbocycles. The zero-order valence-corrected chi connectivity index (χ0v) is 10.3. The minimum absolute atomic E-state index is 0.0188. The predicted molar refractivity (Wildman–Crippen MR) is 69.3 cm³/mol. The number of aliphatic hydroxyl groups is 1. The van der Waals surface area contributed by atoms with Gasteiger partial charge in [0.05, 0.1) is 23.3 Å². The highest BCUT2D eigenvalue weighted by atomic mass is 32.2. The fourth-order valence-corrected chi connectivity index (χ4v) is 2.63. The number of hydrogen-bond acceptors (Lipinski definition) is 4. The number of benzene rings is 1. The van der Waals surface area contributed by atoms with Gasteiger partial charge in [-0.3, -0.25) is 4.79 Å². The Morgan fingerprint density at radius 2 is 2.33 bits per heavy atom. The number of aromatic amines is 1. The summed E-state index contributed by atoms with van der Waals surface area (Å²) in [5.74, 6) is 1.01. The summed E-state index contributed by atoms with van der Waals surface area (Å²) in [4.78, 5) is 19.5. The van der Waals surface area contributed by atoms with E-state index in [0.29, 0.717) is 11.6 Å². The second kappa shape index (κ2) is 4.47. The molecule has 0 saturated heterocycles. The predicted octanol–water partition coefficient (Wildman–Crippen LogP) is 1.61. The van der Waals surface area contributed by atoms with Crippen LogP contribution in [0.5, 0.6) is 0 Å². The van der Waals surface area contributed by atoms with Crippen molar-refractivity contribution in [1.29, 1.82) is 0 Å². The van der Waals surface area contributed by atoms with E-state index in [1.54, 1.807) is 6.20 Å². The van der Waals surface area contributed by atoms with Crippen molar-refractivity contribution in [1.82, 2.24) is 9.97 Å². The van der Waals surface area contributed by atoms with E-state index in [0.717, 1.165) is 21.8 Å². The van der Waals surface area contributed by atoms with Gasteiger partial charge in [-0.1, -0.05) is 6.07 Å². The number of H-pyrrole nitrogens is 1. The first-order valence-corrected chi connectivity index (χ1v) is 6.46. The molecule has 0 atom stereocenters.